The van der Waals surface area contributed by atoms with E-state index in [9.17, 15) is 0 Å². The van der Waals surface area contributed by atoms with Crippen molar-refractivity contribution < 1.29 is 0 Å². The van der Waals surface area contributed by atoms with E-state index in [1.54, 1.807) is 5.56 Å². The van der Waals surface area contributed by atoms with Crippen LogP contribution in [0.1, 0.15) is 47.7 Å². The summed E-state index contributed by atoms with van der Waals surface area (Å²) >= 11 is 0. The maximum absolute atomic E-state index is 4.77. The molecule has 0 spiro atoms. The average Bonchev–Trinajstić information content (AvgIpc) is 3.29. The molecule has 5 nitrogen and oxygen atoms in total. The Balaban J connectivity index is 1.30. The van der Waals surface area contributed by atoms with Crippen molar-refractivity contribution in [2.45, 2.75) is 56.8 Å². The van der Waals surface area contributed by atoms with Crippen LogP contribution in [-0.4, -0.2) is 67.6 Å². The standard InChI is InChI=1S/C26H37N5/c1-29(2)22-12-14-31(18-22)24-10-5-8-20-16-28-21(15-23(20)24)17-30(3)25-11-4-7-19-9-6-13-27-26(19)25/h5-6,8-10,13,21-22,25,28H,4,7,11-12,14-18H2,1-3H3/t21-,22-,25+/m1/s1. The number of benzene rings is 1. The van der Waals surface area contributed by atoms with Crippen LogP contribution in [0.2, 0.25) is 0 Å². The highest BCUT2D eigenvalue weighted by atomic mass is 15.2. The van der Waals surface area contributed by atoms with Gasteiger partial charge in [0.1, 0.15) is 0 Å². The molecule has 31 heavy (non-hydrogen) atoms. The first kappa shape index (κ1) is 20.9. The van der Waals surface area contributed by atoms with Gasteiger partial charge in [-0.1, -0.05) is 18.2 Å². The lowest BCUT2D eigenvalue weighted by Gasteiger charge is -2.37. The maximum atomic E-state index is 4.77. The number of hydrogen-bond donors (Lipinski definition) is 1. The van der Waals surface area contributed by atoms with E-state index in [4.69, 9.17) is 4.98 Å². The predicted molar refractivity (Wildman–Crippen MR) is 128 cm³/mol. The lowest BCUT2D eigenvalue weighted by molar-refractivity contribution is 0.191. The summed E-state index contributed by atoms with van der Waals surface area (Å²) in [5, 5.41) is 3.83. The van der Waals surface area contributed by atoms with Crippen LogP contribution in [-0.2, 0) is 19.4 Å². The second-order valence-corrected chi connectivity index (χ2v) is 9.94. The molecule has 0 saturated carbocycles. The molecule has 3 aliphatic rings. The Morgan fingerprint density at radius 2 is 1.97 bits per heavy atom. The van der Waals surface area contributed by atoms with Gasteiger partial charge in [-0.15, -0.1) is 0 Å². The van der Waals surface area contributed by atoms with E-state index in [1.165, 1.54) is 54.7 Å². The van der Waals surface area contributed by atoms with E-state index in [0.29, 0.717) is 18.1 Å². The van der Waals surface area contributed by atoms with E-state index < -0.39 is 0 Å². The highest BCUT2D eigenvalue weighted by Gasteiger charge is 2.30. The molecule has 5 heteroatoms. The van der Waals surface area contributed by atoms with Crippen molar-refractivity contribution in [2.75, 3.05) is 45.7 Å². The van der Waals surface area contributed by atoms with Crippen LogP contribution in [0.15, 0.2) is 36.5 Å². The fraction of sp³-hybridized carbons (Fsp3) is 0.577. The Bertz CT molecular complexity index is 910. The van der Waals surface area contributed by atoms with Gasteiger partial charge in [0.05, 0.1) is 11.7 Å². The number of rotatable bonds is 5. The molecule has 3 heterocycles. The maximum Gasteiger partial charge on any atom is 0.0607 e. The summed E-state index contributed by atoms with van der Waals surface area (Å²) in [6.45, 7) is 4.36. The first-order chi connectivity index (χ1) is 15.1. The fourth-order valence-electron chi connectivity index (χ4n) is 5.89. The van der Waals surface area contributed by atoms with Crippen molar-refractivity contribution in [3.05, 3.63) is 58.9 Å². The molecular weight excluding hydrogens is 382 g/mol. The first-order valence-corrected chi connectivity index (χ1v) is 12.0. The van der Waals surface area contributed by atoms with Gasteiger partial charge in [0.2, 0.25) is 0 Å². The summed E-state index contributed by atoms with van der Waals surface area (Å²) in [5.41, 5.74) is 7.27. The van der Waals surface area contributed by atoms with Gasteiger partial charge in [-0.3, -0.25) is 9.88 Å². The quantitative estimate of drug-likeness (QED) is 0.805. The predicted octanol–water partition coefficient (Wildman–Crippen LogP) is 3.25. The molecule has 0 bridgehead atoms. The minimum Gasteiger partial charge on any atom is -0.370 e. The highest BCUT2D eigenvalue weighted by Crippen LogP contribution is 2.34. The second kappa shape index (κ2) is 8.89. The third-order valence-corrected chi connectivity index (χ3v) is 7.72. The molecule has 1 fully saturated rings. The minimum atomic E-state index is 0.447. The molecule has 1 aliphatic carbocycles. The number of nitrogens with zero attached hydrogens (tertiary/aromatic N) is 4. The van der Waals surface area contributed by atoms with E-state index >= 15 is 0 Å². The van der Waals surface area contributed by atoms with Gasteiger partial charge in [-0.05, 0) is 82.1 Å². The molecule has 2 aliphatic heterocycles. The molecule has 3 atom stereocenters. The highest BCUT2D eigenvalue weighted by molar-refractivity contribution is 5.58. The average molecular weight is 420 g/mol. The van der Waals surface area contributed by atoms with Crippen LogP contribution in [0.5, 0.6) is 0 Å². The molecule has 0 amide bonds. The van der Waals surface area contributed by atoms with Crippen molar-refractivity contribution in [2.24, 2.45) is 0 Å². The zero-order valence-electron chi connectivity index (χ0n) is 19.3. The van der Waals surface area contributed by atoms with Crippen LogP contribution in [0.25, 0.3) is 0 Å². The Morgan fingerprint density at radius 3 is 2.81 bits per heavy atom. The number of nitrogens with one attached hydrogen (secondary N) is 1. The number of fused-ring (bicyclic) bond motifs is 2. The van der Waals surface area contributed by atoms with Crippen LogP contribution >= 0.6 is 0 Å². The Morgan fingerprint density at radius 1 is 1.10 bits per heavy atom. The smallest absolute Gasteiger partial charge is 0.0607 e. The topological polar surface area (TPSA) is 34.6 Å². The van der Waals surface area contributed by atoms with Gasteiger partial charge in [0.15, 0.2) is 0 Å². The van der Waals surface area contributed by atoms with Crippen LogP contribution in [0.3, 0.4) is 0 Å². The molecule has 1 aromatic carbocycles. The number of likely N-dealkylation sites (N-methyl/N-ethyl adjacent to an activating group) is 2. The summed E-state index contributed by atoms with van der Waals surface area (Å²) in [5.74, 6) is 0. The summed E-state index contributed by atoms with van der Waals surface area (Å²) in [7, 11) is 6.71. The van der Waals surface area contributed by atoms with Gasteiger partial charge in [0.25, 0.3) is 0 Å². The third-order valence-electron chi connectivity index (χ3n) is 7.72. The summed E-state index contributed by atoms with van der Waals surface area (Å²) in [6.07, 6.45) is 7.99. The van der Waals surface area contributed by atoms with Crippen molar-refractivity contribution in [3.8, 4) is 0 Å². The van der Waals surface area contributed by atoms with Gasteiger partial charge >= 0.3 is 0 Å². The van der Waals surface area contributed by atoms with Gasteiger partial charge in [0, 0.05) is 50.1 Å². The van der Waals surface area contributed by atoms with Crippen LogP contribution < -0.4 is 10.2 Å². The molecule has 1 saturated heterocycles. The second-order valence-electron chi connectivity index (χ2n) is 9.94. The first-order valence-electron chi connectivity index (χ1n) is 12.0. The normalized spacial score (nSPS) is 25.7. The molecule has 0 unspecified atom stereocenters. The van der Waals surface area contributed by atoms with E-state index in [1.807, 2.05) is 6.20 Å². The van der Waals surface area contributed by atoms with E-state index in [-0.39, 0.29) is 0 Å². The number of aryl methyl sites for hydroxylation is 1. The number of hydrogen-bond acceptors (Lipinski definition) is 5. The fourth-order valence-corrected chi connectivity index (χ4v) is 5.89. The molecule has 1 aromatic heterocycles. The molecular formula is C26H37N5. The number of pyridine rings is 1. The van der Waals surface area contributed by atoms with E-state index in [2.05, 4.69) is 71.5 Å². The lowest BCUT2D eigenvalue weighted by atomic mass is 9.89. The van der Waals surface area contributed by atoms with Crippen LogP contribution in [0, 0.1) is 0 Å². The molecule has 1 N–H and O–H groups in total. The lowest BCUT2D eigenvalue weighted by Crippen LogP contribution is -2.45. The summed E-state index contributed by atoms with van der Waals surface area (Å²) in [6, 6.07) is 12.9. The van der Waals surface area contributed by atoms with Crippen molar-refractivity contribution in [1.29, 1.82) is 0 Å². The Hall–Kier alpha value is -1.95. The van der Waals surface area contributed by atoms with E-state index in [0.717, 1.165) is 26.1 Å². The number of anilines is 1. The van der Waals surface area contributed by atoms with Crippen molar-refractivity contribution >= 4 is 5.69 Å². The van der Waals surface area contributed by atoms with Gasteiger partial charge in [-0.2, -0.15) is 0 Å². The SMILES string of the molecule is CN(C)[C@@H]1CCN(c2cccc3c2C[C@H](CN(C)[C@H]2CCCc4cccnc42)NC3)C1. The van der Waals surface area contributed by atoms with Gasteiger partial charge in [-0.25, -0.2) is 0 Å². The largest absolute Gasteiger partial charge is 0.370 e. The van der Waals surface area contributed by atoms with Crippen molar-refractivity contribution in [1.82, 2.24) is 20.1 Å². The molecule has 166 valence electrons. The molecule has 2 aromatic rings. The van der Waals surface area contributed by atoms with Crippen LogP contribution in [0.4, 0.5) is 5.69 Å². The minimum absolute atomic E-state index is 0.447. The number of aromatic nitrogens is 1. The Kier molecular flexibility index (Phi) is 6.00. The summed E-state index contributed by atoms with van der Waals surface area (Å²) in [4.78, 5) is 12.3. The van der Waals surface area contributed by atoms with Gasteiger partial charge < -0.3 is 15.1 Å². The molecule has 5 rings (SSSR count). The third kappa shape index (κ3) is 4.23. The zero-order chi connectivity index (χ0) is 21.4. The summed E-state index contributed by atoms with van der Waals surface area (Å²) < 4.78 is 0. The monoisotopic (exact) mass is 419 g/mol. The Labute approximate surface area is 187 Å². The molecule has 0 radical (unpaired) electrons. The zero-order valence-corrected chi connectivity index (χ0v) is 19.3. The van der Waals surface area contributed by atoms with Crippen molar-refractivity contribution in [3.63, 3.8) is 0 Å².